The zero-order valence-corrected chi connectivity index (χ0v) is 35.7. The Morgan fingerprint density at radius 2 is 1.23 bits per heavy atom. The second kappa shape index (κ2) is 21.5. The molecule has 1 aliphatic heterocycles. The Bertz CT molecular complexity index is 2530. The molecular weight excluding hydrogens is 809 g/mol. The third kappa shape index (κ3) is 11.1. The highest BCUT2D eigenvalue weighted by Gasteiger charge is 2.36. The molecule has 1 heterocycles. The molecule has 6 aromatic rings. The largest absolute Gasteiger partial charge is 0.508 e. The van der Waals surface area contributed by atoms with Crippen molar-refractivity contribution in [2.45, 2.75) is 25.5 Å². The summed E-state index contributed by atoms with van der Waals surface area (Å²) in [6, 6.07) is 46.9. The number of aromatic hydroxyl groups is 1. The average Bonchev–Trinajstić information content (AvgIpc) is 3.33. The highest BCUT2D eigenvalue weighted by Crippen LogP contribution is 2.38. The molecule has 13 heteroatoms. The summed E-state index contributed by atoms with van der Waals surface area (Å²) in [6.45, 7) is 3.53. The van der Waals surface area contributed by atoms with Gasteiger partial charge in [0.25, 0.3) is 11.8 Å². The number of hydrogen-bond donors (Lipinski definition) is 4. The van der Waals surface area contributed by atoms with Gasteiger partial charge in [-0.15, -0.1) is 0 Å². The lowest BCUT2D eigenvalue weighted by atomic mass is 10.0. The van der Waals surface area contributed by atoms with Crippen LogP contribution >= 0.6 is 0 Å². The van der Waals surface area contributed by atoms with Crippen LogP contribution in [0.15, 0.2) is 158 Å². The number of nitrogens with zero attached hydrogens (tertiary/aromatic N) is 4. The van der Waals surface area contributed by atoms with E-state index in [0.717, 1.165) is 26.7 Å². The number of amides is 4. The summed E-state index contributed by atoms with van der Waals surface area (Å²) in [4.78, 5) is 58.2. The number of carboxylic acid groups (broad SMARTS) is 1. The topological polar surface area (TPSA) is 155 Å². The van der Waals surface area contributed by atoms with Crippen molar-refractivity contribution in [1.82, 2.24) is 20.4 Å². The fourth-order valence-corrected chi connectivity index (χ4v) is 7.72. The van der Waals surface area contributed by atoms with Gasteiger partial charge in [-0.25, -0.2) is 9.59 Å². The van der Waals surface area contributed by atoms with Crippen molar-refractivity contribution < 1.29 is 34.1 Å². The number of phenolic OH excluding ortho intramolecular Hbond substituents is 1. The summed E-state index contributed by atoms with van der Waals surface area (Å²) in [7, 11) is 1.73. The molecule has 6 aromatic carbocycles. The van der Waals surface area contributed by atoms with Gasteiger partial charge in [-0.1, -0.05) is 121 Å². The number of para-hydroxylation sites is 3. The maximum Gasteiger partial charge on any atom is 0.434 e. The molecule has 4 amide bonds. The lowest BCUT2D eigenvalue weighted by Crippen LogP contribution is -2.52. The van der Waals surface area contributed by atoms with Gasteiger partial charge in [-0.05, 0) is 60.4 Å². The van der Waals surface area contributed by atoms with Crippen LogP contribution < -0.4 is 20.7 Å². The van der Waals surface area contributed by atoms with Crippen LogP contribution in [0.5, 0.6) is 5.75 Å². The maximum atomic E-state index is 14.6. The van der Waals surface area contributed by atoms with Gasteiger partial charge in [0.15, 0.2) is 0 Å². The minimum Gasteiger partial charge on any atom is -0.508 e. The third-order valence-electron chi connectivity index (χ3n) is 11.2. The zero-order chi connectivity index (χ0) is 44.8. The van der Waals surface area contributed by atoms with E-state index in [1.807, 2.05) is 97.1 Å². The normalized spacial score (nSPS) is 12.8. The molecule has 0 spiro atoms. The fraction of sp³-hybridized carbons (Fsp3) is 0.216. The van der Waals surface area contributed by atoms with Gasteiger partial charge in [-0.3, -0.25) is 9.59 Å². The van der Waals surface area contributed by atoms with Crippen LogP contribution in [0.3, 0.4) is 0 Å². The zero-order valence-electron chi connectivity index (χ0n) is 35.7. The molecule has 0 atom stereocenters. The van der Waals surface area contributed by atoms with Gasteiger partial charge in [0.1, 0.15) is 11.9 Å². The first-order valence-electron chi connectivity index (χ1n) is 21.3. The SMILES string of the molecule is CN(CCN1CCC(OC(=O)N(c2ccccc2-c2ccccc2)N(C(=O)O)c2ccccc2-c2ccccc2)CC1)C(=O)c1cccc(C(=O)NCCNCc2ccccc2O)c1. The number of hydrazine groups is 1. The number of likely N-dealkylation sites (N-methyl/N-ethyl adjacent to an activating group) is 1. The summed E-state index contributed by atoms with van der Waals surface area (Å²) >= 11 is 0. The van der Waals surface area contributed by atoms with Gasteiger partial charge in [0, 0.05) is 80.7 Å². The second-order valence-corrected chi connectivity index (χ2v) is 15.5. The molecule has 13 nitrogen and oxygen atoms in total. The molecule has 0 unspecified atom stereocenters. The van der Waals surface area contributed by atoms with Gasteiger partial charge >= 0.3 is 12.2 Å². The molecular formula is C51H52N6O7. The Hall–Kier alpha value is -7.48. The van der Waals surface area contributed by atoms with Crippen molar-refractivity contribution in [3.8, 4) is 28.0 Å². The van der Waals surface area contributed by atoms with E-state index in [1.165, 1.54) is 0 Å². The summed E-state index contributed by atoms with van der Waals surface area (Å²) < 4.78 is 6.20. The first kappa shape index (κ1) is 44.6. The van der Waals surface area contributed by atoms with Crippen molar-refractivity contribution in [3.63, 3.8) is 0 Å². The van der Waals surface area contributed by atoms with E-state index >= 15 is 0 Å². The number of nitrogens with one attached hydrogen (secondary N) is 2. The lowest BCUT2D eigenvalue weighted by Gasteiger charge is -2.37. The Morgan fingerprint density at radius 3 is 1.86 bits per heavy atom. The molecule has 328 valence electrons. The van der Waals surface area contributed by atoms with E-state index in [2.05, 4.69) is 15.5 Å². The molecule has 1 fully saturated rings. The van der Waals surface area contributed by atoms with Crippen LogP contribution in [0.1, 0.15) is 39.1 Å². The molecule has 1 aliphatic rings. The minimum absolute atomic E-state index is 0.213. The lowest BCUT2D eigenvalue weighted by molar-refractivity contribution is 0.0503. The quantitative estimate of drug-likeness (QED) is 0.0588. The molecule has 64 heavy (non-hydrogen) atoms. The van der Waals surface area contributed by atoms with Crippen LogP contribution in [-0.2, 0) is 11.3 Å². The molecule has 0 aliphatic carbocycles. The summed E-state index contributed by atoms with van der Waals surface area (Å²) in [5, 5.41) is 29.0. The van der Waals surface area contributed by atoms with Crippen molar-refractivity contribution in [2.75, 3.05) is 56.3 Å². The van der Waals surface area contributed by atoms with Crippen LogP contribution in [0.4, 0.5) is 21.0 Å². The highest BCUT2D eigenvalue weighted by atomic mass is 16.6. The standard InChI is InChI=1S/C51H52N6O7/c1-54(49(60)40-21-14-20-39(35-40)48(59)53-30-29-52-36-41-19-8-13-26-47(41)58)33-34-55-31-27-42(28-32-55)64-51(63)57(46-25-12-10-23-44(46)38-17-6-3-7-18-38)56(50(61)62)45-24-11-9-22-43(45)37-15-4-2-5-16-37/h2-26,35,42,52,58H,27-34,36H2,1H3,(H,53,59)(H,61,62). The molecule has 0 bridgehead atoms. The molecule has 0 aromatic heterocycles. The first-order valence-corrected chi connectivity index (χ1v) is 21.3. The van der Waals surface area contributed by atoms with E-state index in [4.69, 9.17) is 4.74 Å². The number of piperidine rings is 1. The summed E-state index contributed by atoms with van der Waals surface area (Å²) in [5.41, 5.74) is 5.04. The number of anilines is 2. The second-order valence-electron chi connectivity index (χ2n) is 15.5. The Labute approximate surface area is 373 Å². The van der Waals surface area contributed by atoms with E-state index in [1.54, 1.807) is 72.6 Å². The van der Waals surface area contributed by atoms with Gasteiger partial charge in [0.2, 0.25) is 0 Å². The number of phenols is 1. The number of rotatable bonds is 15. The van der Waals surface area contributed by atoms with Crippen molar-refractivity contribution in [1.29, 1.82) is 0 Å². The smallest absolute Gasteiger partial charge is 0.434 e. The predicted molar refractivity (Wildman–Crippen MR) is 248 cm³/mol. The summed E-state index contributed by atoms with van der Waals surface area (Å²) in [6.07, 6.45) is -1.66. The average molecular weight is 861 g/mol. The van der Waals surface area contributed by atoms with Crippen LogP contribution in [0.25, 0.3) is 22.3 Å². The number of likely N-dealkylation sites (tertiary alicyclic amines) is 1. The van der Waals surface area contributed by atoms with E-state index < -0.39 is 18.3 Å². The summed E-state index contributed by atoms with van der Waals surface area (Å²) in [5.74, 6) is -0.287. The number of carbonyl (C=O) groups excluding carboxylic acids is 3. The number of ether oxygens (including phenoxy) is 1. The number of benzene rings is 6. The fourth-order valence-electron chi connectivity index (χ4n) is 7.72. The van der Waals surface area contributed by atoms with E-state index in [9.17, 15) is 29.4 Å². The van der Waals surface area contributed by atoms with Gasteiger partial charge in [0.05, 0.1) is 11.4 Å². The van der Waals surface area contributed by atoms with Crippen molar-refractivity contribution in [3.05, 3.63) is 174 Å². The molecule has 7 rings (SSSR count). The molecule has 0 radical (unpaired) electrons. The number of hydrogen-bond acceptors (Lipinski definition) is 8. The third-order valence-corrected chi connectivity index (χ3v) is 11.2. The number of carbonyl (C=O) groups is 4. The van der Waals surface area contributed by atoms with Crippen molar-refractivity contribution >= 4 is 35.4 Å². The maximum absolute atomic E-state index is 14.6. The van der Waals surface area contributed by atoms with Crippen molar-refractivity contribution in [2.24, 2.45) is 0 Å². The Kier molecular flexibility index (Phi) is 15.0. The monoisotopic (exact) mass is 860 g/mol. The Balaban J connectivity index is 0.971. The molecule has 4 N–H and O–H groups in total. The van der Waals surface area contributed by atoms with Gasteiger partial charge < -0.3 is 35.4 Å². The first-order chi connectivity index (χ1) is 31.2. The van der Waals surface area contributed by atoms with E-state index in [0.29, 0.717) is 86.6 Å². The van der Waals surface area contributed by atoms with E-state index in [-0.39, 0.29) is 23.3 Å². The minimum atomic E-state index is -1.36. The van der Waals surface area contributed by atoms with Crippen LogP contribution in [-0.4, -0.2) is 96.4 Å². The predicted octanol–water partition coefficient (Wildman–Crippen LogP) is 8.53. The van der Waals surface area contributed by atoms with Gasteiger partial charge in [-0.2, -0.15) is 10.0 Å². The highest BCUT2D eigenvalue weighted by molar-refractivity contribution is 6.06. The van der Waals surface area contributed by atoms with Crippen LogP contribution in [0.2, 0.25) is 0 Å². The molecule has 0 saturated carbocycles. The molecule has 1 saturated heterocycles. The Morgan fingerprint density at radius 1 is 0.672 bits per heavy atom. The van der Waals surface area contributed by atoms with Crippen LogP contribution in [0, 0.1) is 0 Å².